The van der Waals surface area contributed by atoms with Crippen LogP contribution in [0.1, 0.15) is 23.2 Å². The molecule has 0 spiro atoms. The second kappa shape index (κ2) is 8.96. The number of carbonyl (C=O) groups excluding carboxylic acids is 2. The Bertz CT molecular complexity index is 859. The molecule has 152 valence electrons. The highest BCUT2D eigenvalue weighted by Gasteiger charge is 2.24. The number of anilines is 3. The summed E-state index contributed by atoms with van der Waals surface area (Å²) < 4.78 is 5.38. The Morgan fingerprint density at radius 2 is 1.72 bits per heavy atom. The smallest absolute Gasteiger partial charge is 0.253 e. The number of morpholine rings is 1. The molecule has 0 atom stereocenters. The third-order valence-corrected chi connectivity index (χ3v) is 5.05. The fraction of sp³-hybridized carbons (Fsp3) is 0.364. The first-order valence-corrected chi connectivity index (χ1v) is 10.1. The summed E-state index contributed by atoms with van der Waals surface area (Å²) >= 11 is 0. The van der Waals surface area contributed by atoms with Gasteiger partial charge in [-0.15, -0.1) is 0 Å². The van der Waals surface area contributed by atoms with Gasteiger partial charge in [-0.1, -0.05) is 12.1 Å². The number of hydrogen-bond acceptors (Lipinski definition) is 5. The largest absolute Gasteiger partial charge is 0.378 e. The van der Waals surface area contributed by atoms with E-state index in [0.29, 0.717) is 17.3 Å². The molecule has 7 heteroatoms. The van der Waals surface area contributed by atoms with Gasteiger partial charge in [-0.2, -0.15) is 0 Å². The molecule has 2 aromatic rings. The first-order valence-electron chi connectivity index (χ1n) is 10.1. The Morgan fingerprint density at radius 1 is 1.00 bits per heavy atom. The summed E-state index contributed by atoms with van der Waals surface area (Å²) in [4.78, 5) is 27.0. The van der Waals surface area contributed by atoms with Crippen LogP contribution in [0.3, 0.4) is 0 Å². The van der Waals surface area contributed by atoms with Crippen LogP contribution in [0.5, 0.6) is 0 Å². The summed E-state index contributed by atoms with van der Waals surface area (Å²) in [5, 5.41) is 8.94. The van der Waals surface area contributed by atoms with Crippen molar-refractivity contribution in [3.8, 4) is 0 Å². The van der Waals surface area contributed by atoms with Crippen LogP contribution in [-0.4, -0.2) is 50.7 Å². The molecule has 0 unspecified atom stereocenters. The van der Waals surface area contributed by atoms with Crippen molar-refractivity contribution in [1.29, 1.82) is 0 Å². The van der Waals surface area contributed by atoms with E-state index in [9.17, 15) is 9.59 Å². The molecule has 1 aliphatic carbocycles. The van der Waals surface area contributed by atoms with Crippen LogP contribution in [0.4, 0.5) is 17.1 Å². The van der Waals surface area contributed by atoms with Gasteiger partial charge in [0.15, 0.2) is 0 Å². The number of benzene rings is 2. The van der Waals surface area contributed by atoms with Gasteiger partial charge in [-0.05, 0) is 49.2 Å². The highest BCUT2D eigenvalue weighted by atomic mass is 16.5. The van der Waals surface area contributed by atoms with Crippen LogP contribution in [0.15, 0.2) is 48.5 Å². The summed E-state index contributed by atoms with van der Waals surface area (Å²) in [7, 11) is 0. The van der Waals surface area contributed by atoms with E-state index < -0.39 is 0 Å². The maximum absolute atomic E-state index is 12.4. The molecule has 2 aromatic carbocycles. The van der Waals surface area contributed by atoms with E-state index in [-0.39, 0.29) is 18.4 Å². The van der Waals surface area contributed by atoms with Crippen molar-refractivity contribution in [2.75, 3.05) is 48.4 Å². The third-order valence-electron chi connectivity index (χ3n) is 5.05. The van der Waals surface area contributed by atoms with Crippen LogP contribution >= 0.6 is 0 Å². The zero-order valence-electron chi connectivity index (χ0n) is 16.3. The second-order valence-corrected chi connectivity index (χ2v) is 7.34. The number of nitrogens with zero attached hydrogens (tertiary/aromatic N) is 1. The van der Waals surface area contributed by atoms with Crippen molar-refractivity contribution >= 4 is 28.9 Å². The third kappa shape index (κ3) is 5.26. The first kappa shape index (κ1) is 19.3. The van der Waals surface area contributed by atoms with E-state index in [1.165, 1.54) is 0 Å². The minimum atomic E-state index is -0.165. The molecule has 2 amide bonds. The van der Waals surface area contributed by atoms with Crippen LogP contribution < -0.4 is 20.9 Å². The Hall–Kier alpha value is -3.06. The van der Waals surface area contributed by atoms with Crippen molar-refractivity contribution in [2.24, 2.45) is 0 Å². The molecule has 0 aromatic heterocycles. The number of hydrogen-bond donors (Lipinski definition) is 3. The van der Waals surface area contributed by atoms with E-state index >= 15 is 0 Å². The van der Waals surface area contributed by atoms with E-state index in [4.69, 9.17) is 4.74 Å². The number of amides is 2. The molecule has 3 N–H and O–H groups in total. The van der Waals surface area contributed by atoms with Gasteiger partial charge in [-0.25, -0.2) is 0 Å². The highest BCUT2D eigenvalue weighted by molar-refractivity contribution is 6.01. The predicted octanol–water partition coefficient (Wildman–Crippen LogP) is 2.47. The van der Waals surface area contributed by atoms with Gasteiger partial charge in [0.1, 0.15) is 0 Å². The fourth-order valence-corrected chi connectivity index (χ4v) is 3.28. The summed E-state index contributed by atoms with van der Waals surface area (Å²) in [5.41, 5.74) is 3.08. The van der Waals surface area contributed by atoms with Crippen molar-refractivity contribution in [2.45, 2.75) is 18.9 Å². The van der Waals surface area contributed by atoms with E-state index in [2.05, 4.69) is 20.9 Å². The van der Waals surface area contributed by atoms with Gasteiger partial charge in [0.05, 0.1) is 25.3 Å². The Balaban J connectivity index is 1.30. The van der Waals surface area contributed by atoms with Crippen LogP contribution in [0, 0.1) is 0 Å². The van der Waals surface area contributed by atoms with Gasteiger partial charge in [0.25, 0.3) is 5.91 Å². The number of nitrogens with one attached hydrogen (secondary N) is 3. The van der Waals surface area contributed by atoms with Crippen molar-refractivity contribution < 1.29 is 14.3 Å². The molecule has 0 bridgehead atoms. The van der Waals surface area contributed by atoms with E-state index in [1.807, 2.05) is 42.5 Å². The van der Waals surface area contributed by atoms with Crippen molar-refractivity contribution in [3.63, 3.8) is 0 Å². The quantitative estimate of drug-likeness (QED) is 0.672. The van der Waals surface area contributed by atoms with Crippen molar-refractivity contribution in [3.05, 3.63) is 54.1 Å². The lowest BCUT2D eigenvalue weighted by Crippen LogP contribution is -2.36. The number of rotatable bonds is 7. The lowest BCUT2D eigenvalue weighted by molar-refractivity contribution is -0.114. The summed E-state index contributed by atoms with van der Waals surface area (Å²) in [6.07, 6.45) is 2.07. The Kier molecular flexibility index (Phi) is 5.95. The molecule has 29 heavy (non-hydrogen) atoms. The lowest BCUT2D eigenvalue weighted by Gasteiger charge is -2.28. The molecule has 2 fully saturated rings. The standard InChI is InChI=1S/C22H26N4O3/c27-21(24-16-7-9-18(10-8-16)26-11-13-29-14-12-26)15-23-20-4-2-1-3-19(20)22(28)25-17-5-6-17/h1-4,7-10,17,23H,5-6,11-15H2,(H,24,27)(H,25,28). The topological polar surface area (TPSA) is 82.7 Å². The zero-order chi connectivity index (χ0) is 20.1. The molecule has 1 heterocycles. The molecular formula is C22H26N4O3. The molecule has 4 rings (SSSR count). The lowest BCUT2D eigenvalue weighted by atomic mass is 10.1. The number of carbonyl (C=O) groups is 2. The first-order chi connectivity index (χ1) is 14.2. The van der Waals surface area contributed by atoms with Gasteiger partial charge >= 0.3 is 0 Å². The van der Waals surface area contributed by atoms with E-state index in [0.717, 1.165) is 50.5 Å². The van der Waals surface area contributed by atoms with Gasteiger partial charge in [0.2, 0.25) is 5.91 Å². The molecule has 1 aliphatic heterocycles. The maximum atomic E-state index is 12.4. The van der Waals surface area contributed by atoms with Crippen molar-refractivity contribution in [1.82, 2.24) is 5.32 Å². The van der Waals surface area contributed by atoms with Gasteiger partial charge in [-0.3, -0.25) is 9.59 Å². The fourth-order valence-electron chi connectivity index (χ4n) is 3.28. The number of para-hydroxylation sites is 1. The minimum Gasteiger partial charge on any atom is -0.378 e. The minimum absolute atomic E-state index is 0.0823. The maximum Gasteiger partial charge on any atom is 0.253 e. The highest BCUT2D eigenvalue weighted by Crippen LogP contribution is 2.22. The average Bonchev–Trinajstić information content (AvgIpc) is 3.57. The van der Waals surface area contributed by atoms with Gasteiger partial charge in [0, 0.05) is 36.2 Å². The van der Waals surface area contributed by atoms with E-state index in [1.54, 1.807) is 6.07 Å². The molecule has 7 nitrogen and oxygen atoms in total. The molecular weight excluding hydrogens is 368 g/mol. The normalized spacial score (nSPS) is 16.2. The summed E-state index contributed by atoms with van der Waals surface area (Å²) in [5.74, 6) is -0.267. The molecule has 0 radical (unpaired) electrons. The second-order valence-electron chi connectivity index (χ2n) is 7.34. The molecule has 1 saturated carbocycles. The SMILES string of the molecule is O=C(CNc1ccccc1C(=O)NC1CC1)Nc1ccc(N2CCOCC2)cc1. The van der Waals surface area contributed by atoms with Crippen LogP contribution in [0.2, 0.25) is 0 Å². The monoisotopic (exact) mass is 394 g/mol. The average molecular weight is 394 g/mol. The number of ether oxygens (including phenoxy) is 1. The zero-order valence-corrected chi connectivity index (χ0v) is 16.3. The van der Waals surface area contributed by atoms with Crippen LogP contribution in [0.25, 0.3) is 0 Å². The summed E-state index contributed by atoms with van der Waals surface area (Å²) in [6, 6.07) is 15.4. The Labute approximate surface area is 170 Å². The molecule has 2 aliphatic rings. The van der Waals surface area contributed by atoms with Crippen LogP contribution in [-0.2, 0) is 9.53 Å². The predicted molar refractivity (Wildman–Crippen MR) is 114 cm³/mol. The summed E-state index contributed by atoms with van der Waals surface area (Å²) in [6.45, 7) is 3.32. The van der Waals surface area contributed by atoms with Gasteiger partial charge < -0.3 is 25.6 Å². The molecule has 1 saturated heterocycles. The Morgan fingerprint density at radius 3 is 2.45 bits per heavy atom.